The van der Waals surface area contributed by atoms with Crippen LogP contribution in [0.15, 0.2) is 67.0 Å². The highest BCUT2D eigenvalue weighted by molar-refractivity contribution is 5.93. The van der Waals surface area contributed by atoms with Crippen LogP contribution in [0.3, 0.4) is 0 Å². The number of amides is 1. The van der Waals surface area contributed by atoms with Crippen molar-refractivity contribution in [3.63, 3.8) is 0 Å². The smallest absolute Gasteiger partial charge is 0.272 e. The van der Waals surface area contributed by atoms with Crippen LogP contribution in [0.5, 0.6) is 0 Å². The molecule has 0 radical (unpaired) electrons. The van der Waals surface area contributed by atoms with E-state index in [1.165, 1.54) is 24.0 Å². The van der Waals surface area contributed by atoms with Crippen LogP contribution in [-0.2, 0) is 6.42 Å². The number of hydrogen-bond acceptors (Lipinski definition) is 4. The molecule has 2 aromatic carbocycles. The molecule has 5 nitrogen and oxygen atoms in total. The van der Waals surface area contributed by atoms with E-state index in [2.05, 4.69) is 39.6 Å². The average molecular weight is 390 g/mol. The van der Waals surface area contributed by atoms with Crippen LogP contribution in [0, 0.1) is 11.7 Å². The fourth-order valence-electron chi connectivity index (χ4n) is 3.67. The van der Waals surface area contributed by atoms with Crippen LogP contribution < -0.4 is 5.32 Å². The van der Waals surface area contributed by atoms with Crippen molar-refractivity contribution in [2.24, 2.45) is 5.92 Å². The number of benzene rings is 2. The Bertz CT molecular complexity index is 954. The van der Waals surface area contributed by atoms with Gasteiger partial charge in [0.25, 0.3) is 5.91 Å². The number of nitrogens with one attached hydrogen (secondary N) is 1. The van der Waals surface area contributed by atoms with Gasteiger partial charge in [0.1, 0.15) is 23.7 Å². The van der Waals surface area contributed by atoms with Crippen LogP contribution in [0.25, 0.3) is 0 Å². The van der Waals surface area contributed by atoms with E-state index >= 15 is 0 Å². The van der Waals surface area contributed by atoms with Gasteiger partial charge in [-0.2, -0.15) is 0 Å². The number of nitrogens with zero attached hydrogens (tertiary/aromatic N) is 3. The lowest BCUT2D eigenvalue weighted by Gasteiger charge is -2.32. The molecular weight excluding hydrogens is 367 g/mol. The largest absolute Gasteiger partial charge is 0.340 e. The molecule has 1 aliphatic rings. The van der Waals surface area contributed by atoms with E-state index in [4.69, 9.17) is 0 Å². The minimum Gasteiger partial charge on any atom is -0.340 e. The van der Waals surface area contributed by atoms with Gasteiger partial charge in [-0.05, 0) is 55.0 Å². The van der Waals surface area contributed by atoms with Crippen LogP contribution in [0.1, 0.15) is 28.9 Å². The van der Waals surface area contributed by atoms with E-state index in [9.17, 15) is 9.18 Å². The number of piperidine rings is 1. The fourth-order valence-corrected chi connectivity index (χ4v) is 3.67. The molecule has 6 heteroatoms. The van der Waals surface area contributed by atoms with Gasteiger partial charge in [0.05, 0.1) is 0 Å². The molecule has 4 rings (SSSR count). The van der Waals surface area contributed by atoms with Crippen molar-refractivity contribution in [3.8, 4) is 0 Å². The minimum atomic E-state index is -0.301. The van der Waals surface area contributed by atoms with Gasteiger partial charge in [-0.25, -0.2) is 14.4 Å². The number of likely N-dealkylation sites (tertiary alicyclic amines) is 1. The Morgan fingerprint density at radius 3 is 2.48 bits per heavy atom. The maximum atomic E-state index is 13.0. The summed E-state index contributed by atoms with van der Waals surface area (Å²) in [4.78, 5) is 23.1. The zero-order valence-electron chi connectivity index (χ0n) is 16.1. The van der Waals surface area contributed by atoms with E-state index in [0.717, 1.165) is 32.4 Å². The van der Waals surface area contributed by atoms with Crippen molar-refractivity contribution in [2.75, 3.05) is 18.4 Å². The molecule has 2 heterocycles. The molecule has 0 bridgehead atoms. The zero-order valence-corrected chi connectivity index (χ0v) is 16.1. The summed E-state index contributed by atoms with van der Waals surface area (Å²) in [6, 6.07) is 18.1. The second-order valence-corrected chi connectivity index (χ2v) is 7.35. The molecule has 1 amide bonds. The second kappa shape index (κ2) is 8.82. The van der Waals surface area contributed by atoms with Crippen LogP contribution in [0.4, 0.5) is 15.9 Å². The molecule has 0 unspecified atom stereocenters. The predicted octanol–water partition coefficient (Wildman–Crippen LogP) is 4.45. The van der Waals surface area contributed by atoms with E-state index < -0.39 is 0 Å². The van der Waals surface area contributed by atoms with Gasteiger partial charge in [-0.1, -0.05) is 30.3 Å². The lowest BCUT2D eigenvalue weighted by molar-refractivity contribution is 0.0684. The van der Waals surface area contributed by atoms with Gasteiger partial charge in [-0.15, -0.1) is 0 Å². The number of hydrogen-bond donors (Lipinski definition) is 1. The summed E-state index contributed by atoms with van der Waals surface area (Å²) in [5, 5.41) is 3.08. The molecule has 3 aromatic rings. The summed E-state index contributed by atoms with van der Waals surface area (Å²) in [6.07, 6.45) is 4.42. The third-order valence-corrected chi connectivity index (χ3v) is 5.27. The number of anilines is 2. The molecular formula is C23H23FN4O. The fraction of sp³-hybridized carbons (Fsp3) is 0.261. The van der Waals surface area contributed by atoms with Gasteiger partial charge in [0.2, 0.25) is 0 Å². The Morgan fingerprint density at radius 1 is 1.03 bits per heavy atom. The Labute approximate surface area is 169 Å². The third-order valence-electron chi connectivity index (χ3n) is 5.27. The van der Waals surface area contributed by atoms with Crippen LogP contribution >= 0.6 is 0 Å². The molecule has 0 saturated carbocycles. The molecule has 1 fully saturated rings. The molecule has 0 spiro atoms. The Balaban J connectivity index is 1.35. The van der Waals surface area contributed by atoms with E-state index in [0.29, 0.717) is 23.1 Å². The van der Waals surface area contributed by atoms with Crippen molar-refractivity contribution in [3.05, 3.63) is 84.1 Å². The molecule has 1 aliphatic heterocycles. The number of aromatic nitrogens is 2. The number of halogens is 1. The maximum Gasteiger partial charge on any atom is 0.272 e. The second-order valence-electron chi connectivity index (χ2n) is 7.35. The molecule has 1 saturated heterocycles. The number of carbonyl (C=O) groups is 1. The Morgan fingerprint density at radius 2 is 1.76 bits per heavy atom. The van der Waals surface area contributed by atoms with Crippen LogP contribution in [-0.4, -0.2) is 33.9 Å². The average Bonchev–Trinajstić information content (AvgIpc) is 2.76. The molecule has 0 aliphatic carbocycles. The highest BCUT2D eigenvalue weighted by Crippen LogP contribution is 2.23. The van der Waals surface area contributed by atoms with Crippen molar-refractivity contribution in [2.45, 2.75) is 19.3 Å². The first-order chi connectivity index (χ1) is 14.2. The van der Waals surface area contributed by atoms with Gasteiger partial charge in [-0.3, -0.25) is 4.79 Å². The zero-order chi connectivity index (χ0) is 20.1. The standard InChI is InChI=1S/C23H23FN4O/c24-19-6-8-20(9-7-19)27-22-15-21(25-16-26-22)23(29)28-12-10-18(11-13-28)14-17-4-2-1-3-5-17/h1-9,15-16,18H,10-14H2,(H,25,26,27). The molecule has 0 atom stereocenters. The molecule has 29 heavy (non-hydrogen) atoms. The molecule has 1 N–H and O–H groups in total. The molecule has 1 aromatic heterocycles. The van der Waals surface area contributed by atoms with Gasteiger partial charge in [0, 0.05) is 24.8 Å². The number of rotatable bonds is 5. The van der Waals surface area contributed by atoms with E-state index in [1.807, 2.05) is 11.0 Å². The van der Waals surface area contributed by atoms with E-state index in [-0.39, 0.29) is 11.7 Å². The lowest BCUT2D eigenvalue weighted by Crippen LogP contribution is -2.39. The topological polar surface area (TPSA) is 58.1 Å². The summed E-state index contributed by atoms with van der Waals surface area (Å²) in [5.41, 5.74) is 2.42. The van der Waals surface area contributed by atoms with E-state index in [1.54, 1.807) is 18.2 Å². The predicted molar refractivity (Wildman–Crippen MR) is 110 cm³/mol. The summed E-state index contributed by atoms with van der Waals surface area (Å²) in [5.74, 6) is 0.731. The Hall–Kier alpha value is -3.28. The summed E-state index contributed by atoms with van der Waals surface area (Å²) >= 11 is 0. The highest BCUT2D eigenvalue weighted by atomic mass is 19.1. The number of carbonyl (C=O) groups excluding carboxylic acids is 1. The summed E-state index contributed by atoms with van der Waals surface area (Å²) < 4.78 is 13.0. The van der Waals surface area contributed by atoms with Crippen molar-refractivity contribution < 1.29 is 9.18 Å². The maximum absolute atomic E-state index is 13.0. The first kappa shape index (κ1) is 19.1. The van der Waals surface area contributed by atoms with Crippen molar-refractivity contribution in [1.29, 1.82) is 0 Å². The normalized spacial score (nSPS) is 14.6. The highest BCUT2D eigenvalue weighted by Gasteiger charge is 2.24. The summed E-state index contributed by atoms with van der Waals surface area (Å²) in [6.45, 7) is 1.47. The third kappa shape index (κ3) is 4.96. The van der Waals surface area contributed by atoms with Crippen molar-refractivity contribution >= 4 is 17.4 Å². The SMILES string of the molecule is O=C(c1cc(Nc2ccc(F)cc2)ncn1)N1CCC(Cc2ccccc2)CC1. The first-order valence-electron chi connectivity index (χ1n) is 9.85. The summed E-state index contributed by atoms with van der Waals surface area (Å²) in [7, 11) is 0. The lowest BCUT2D eigenvalue weighted by atomic mass is 9.90. The van der Waals surface area contributed by atoms with Gasteiger partial charge in [0.15, 0.2) is 0 Å². The quantitative estimate of drug-likeness (QED) is 0.699. The van der Waals surface area contributed by atoms with Crippen LogP contribution in [0.2, 0.25) is 0 Å². The first-order valence-corrected chi connectivity index (χ1v) is 9.85. The van der Waals surface area contributed by atoms with Gasteiger partial charge < -0.3 is 10.2 Å². The Kier molecular flexibility index (Phi) is 5.79. The van der Waals surface area contributed by atoms with Crippen molar-refractivity contribution in [1.82, 2.24) is 14.9 Å². The minimum absolute atomic E-state index is 0.0762. The molecule has 148 valence electrons. The van der Waals surface area contributed by atoms with Gasteiger partial charge >= 0.3 is 0 Å². The monoisotopic (exact) mass is 390 g/mol.